The van der Waals surface area contributed by atoms with Crippen LogP contribution in [-0.4, -0.2) is 25.3 Å². The van der Waals surface area contributed by atoms with E-state index in [1.165, 1.54) is 75.3 Å². The van der Waals surface area contributed by atoms with Crippen LogP contribution in [0, 0.1) is 0 Å². The van der Waals surface area contributed by atoms with Crippen molar-refractivity contribution >= 4 is 10.1 Å². The summed E-state index contributed by atoms with van der Waals surface area (Å²) in [6.45, 7) is 4.92. The minimum atomic E-state index is -4.12. The third-order valence-corrected chi connectivity index (χ3v) is 6.01. The number of hydrogen-bond donors (Lipinski definition) is 0. The molecule has 0 amide bonds. The molecule has 0 aliphatic carbocycles. The molecule has 0 aromatic heterocycles. The van der Waals surface area contributed by atoms with Crippen molar-refractivity contribution in [3.8, 4) is 5.75 Å². The van der Waals surface area contributed by atoms with Gasteiger partial charge in [-0.25, -0.2) is 8.42 Å². The second-order valence-electron chi connectivity index (χ2n) is 8.13. The van der Waals surface area contributed by atoms with Crippen LogP contribution in [0.5, 0.6) is 5.75 Å². The molecular formula is C24H41NaO4S. The first-order valence-electron chi connectivity index (χ1n) is 11.6. The maximum absolute atomic E-state index is 10.7. The van der Waals surface area contributed by atoms with Gasteiger partial charge in [-0.05, 0) is 61.8 Å². The summed E-state index contributed by atoms with van der Waals surface area (Å²) in [5, 5.41) is 0. The monoisotopic (exact) mass is 448 g/mol. The van der Waals surface area contributed by atoms with Gasteiger partial charge in [-0.1, -0.05) is 71.3 Å². The van der Waals surface area contributed by atoms with Gasteiger partial charge in [0.1, 0.15) is 5.75 Å². The van der Waals surface area contributed by atoms with E-state index in [0.717, 1.165) is 18.6 Å². The quantitative estimate of drug-likeness (QED) is 0.196. The fourth-order valence-corrected chi connectivity index (χ4v) is 4.09. The van der Waals surface area contributed by atoms with Crippen molar-refractivity contribution in [2.75, 3.05) is 12.4 Å². The molecule has 0 N–H and O–H groups in total. The van der Waals surface area contributed by atoms with Crippen LogP contribution in [-0.2, 0) is 23.0 Å². The Morgan fingerprint density at radius 1 is 0.733 bits per heavy atom. The topological polar surface area (TPSA) is 66.4 Å². The molecule has 6 heteroatoms. The Labute approximate surface area is 207 Å². The normalized spacial score (nSPS) is 11.3. The Kier molecular flexibility index (Phi) is 18.5. The van der Waals surface area contributed by atoms with E-state index >= 15 is 0 Å². The molecule has 0 radical (unpaired) electrons. The number of aryl methyl sites for hydroxylation is 2. The third kappa shape index (κ3) is 16.6. The maximum Gasteiger partial charge on any atom is 1.00 e. The molecule has 0 unspecified atom stereocenters. The molecule has 1 aromatic carbocycles. The fraction of sp³-hybridized carbons (Fsp3) is 0.750. The van der Waals surface area contributed by atoms with Crippen LogP contribution in [0.15, 0.2) is 18.2 Å². The van der Waals surface area contributed by atoms with Gasteiger partial charge in [-0.2, -0.15) is 0 Å². The average molecular weight is 449 g/mol. The van der Waals surface area contributed by atoms with Gasteiger partial charge in [0, 0.05) is 5.75 Å². The second-order valence-corrected chi connectivity index (χ2v) is 9.65. The van der Waals surface area contributed by atoms with Crippen molar-refractivity contribution in [3.05, 3.63) is 29.3 Å². The van der Waals surface area contributed by atoms with Crippen LogP contribution < -0.4 is 34.3 Å². The first-order chi connectivity index (χ1) is 13.9. The summed E-state index contributed by atoms with van der Waals surface area (Å²) in [5.74, 6) is 0.571. The van der Waals surface area contributed by atoms with E-state index in [-0.39, 0.29) is 35.3 Å². The summed E-state index contributed by atoms with van der Waals surface area (Å²) >= 11 is 0. The number of hydrogen-bond acceptors (Lipinski definition) is 4. The summed E-state index contributed by atoms with van der Waals surface area (Å²) in [4.78, 5) is 0. The Morgan fingerprint density at radius 2 is 1.23 bits per heavy atom. The van der Waals surface area contributed by atoms with Gasteiger partial charge >= 0.3 is 29.6 Å². The van der Waals surface area contributed by atoms with Gasteiger partial charge in [-0.3, -0.25) is 0 Å². The van der Waals surface area contributed by atoms with Gasteiger partial charge in [0.25, 0.3) is 0 Å². The molecule has 1 rings (SSSR count). The summed E-state index contributed by atoms with van der Waals surface area (Å²) in [7, 11) is -4.12. The predicted octanol–water partition coefficient (Wildman–Crippen LogP) is 3.42. The Balaban J connectivity index is 0.00000841. The molecule has 0 aliphatic rings. The summed E-state index contributed by atoms with van der Waals surface area (Å²) < 4.78 is 38.0. The van der Waals surface area contributed by atoms with Crippen LogP contribution >= 0.6 is 0 Å². The van der Waals surface area contributed by atoms with Crippen LogP contribution in [0.4, 0.5) is 0 Å². The zero-order chi connectivity index (χ0) is 21.4. The van der Waals surface area contributed by atoms with Crippen molar-refractivity contribution in [2.45, 2.75) is 104 Å². The average Bonchev–Trinajstić information content (AvgIpc) is 2.66. The molecule has 0 heterocycles. The van der Waals surface area contributed by atoms with Crippen molar-refractivity contribution in [3.63, 3.8) is 0 Å². The molecule has 0 bridgehead atoms. The first-order valence-corrected chi connectivity index (χ1v) is 13.2. The van der Waals surface area contributed by atoms with Crippen LogP contribution in [0.2, 0.25) is 0 Å². The molecule has 30 heavy (non-hydrogen) atoms. The molecule has 4 nitrogen and oxygen atoms in total. The number of unbranched alkanes of at least 4 members (excludes halogenated alkanes) is 9. The summed E-state index contributed by atoms with van der Waals surface area (Å²) in [6.07, 6.45) is 15.8. The molecule has 1 aromatic rings. The molecule has 0 atom stereocenters. The van der Waals surface area contributed by atoms with Crippen LogP contribution in [0.1, 0.15) is 102 Å². The molecule has 0 saturated carbocycles. The van der Waals surface area contributed by atoms with Gasteiger partial charge in [0.15, 0.2) is 0 Å². The first kappa shape index (κ1) is 29.9. The molecule has 0 spiro atoms. The van der Waals surface area contributed by atoms with Gasteiger partial charge in [0.2, 0.25) is 0 Å². The van der Waals surface area contributed by atoms with E-state index in [1.807, 2.05) is 0 Å². The molecule has 0 aliphatic heterocycles. The van der Waals surface area contributed by atoms with Crippen LogP contribution in [0.3, 0.4) is 0 Å². The van der Waals surface area contributed by atoms with E-state index in [0.29, 0.717) is 19.4 Å². The standard InChI is InChI=1S/C24H42O4S.Na/c1-3-5-7-9-11-15-22-19-23(16-12-10-8-6-4-2)21-24(20-22)28-17-13-14-18-29(25,26)27;/h19-21H,3-18H2,1-2H3,(H,25,26,27);/q;+1/p-1. The smallest absolute Gasteiger partial charge is 0.748 e. The number of benzene rings is 1. The molecular weight excluding hydrogens is 407 g/mol. The Bertz CT molecular complexity index is 614. The van der Waals surface area contributed by atoms with Crippen molar-refractivity contribution < 1.29 is 47.3 Å². The Hall–Kier alpha value is -0.0700. The summed E-state index contributed by atoms with van der Waals surface area (Å²) in [5.41, 5.74) is 2.68. The molecule has 168 valence electrons. The summed E-state index contributed by atoms with van der Waals surface area (Å²) in [6, 6.07) is 6.59. The third-order valence-electron chi connectivity index (χ3n) is 5.22. The van der Waals surface area contributed by atoms with E-state index < -0.39 is 10.1 Å². The van der Waals surface area contributed by atoms with E-state index in [4.69, 9.17) is 4.74 Å². The minimum absolute atomic E-state index is 0. The van der Waals surface area contributed by atoms with Gasteiger partial charge < -0.3 is 9.29 Å². The van der Waals surface area contributed by atoms with Crippen molar-refractivity contribution in [2.24, 2.45) is 0 Å². The maximum atomic E-state index is 10.7. The number of ether oxygens (including phenoxy) is 1. The fourth-order valence-electron chi connectivity index (χ4n) is 3.54. The van der Waals surface area contributed by atoms with Gasteiger partial charge in [0.05, 0.1) is 16.7 Å². The van der Waals surface area contributed by atoms with E-state index in [9.17, 15) is 13.0 Å². The predicted molar refractivity (Wildman–Crippen MR) is 121 cm³/mol. The van der Waals surface area contributed by atoms with Crippen molar-refractivity contribution in [1.82, 2.24) is 0 Å². The minimum Gasteiger partial charge on any atom is -0.748 e. The number of rotatable bonds is 18. The van der Waals surface area contributed by atoms with Crippen molar-refractivity contribution in [1.29, 1.82) is 0 Å². The van der Waals surface area contributed by atoms with E-state index in [2.05, 4.69) is 32.0 Å². The Morgan fingerprint density at radius 3 is 1.70 bits per heavy atom. The van der Waals surface area contributed by atoms with Crippen LogP contribution in [0.25, 0.3) is 0 Å². The van der Waals surface area contributed by atoms with Gasteiger partial charge in [-0.15, -0.1) is 0 Å². The van der Waals surface area contributed by atoms with E-state index in [1.54, 1.807) is 0 Å². The largest absolute Gasteiger partial charge is 1.00 e. The molecule has 0 fully saturated rings. The second kappa shape index (κ2) is 18.5. The zero-order valence-electron chi connectivity index (χ0n) is 19.6. The zero-order valence-corrected chi connectivity index (χ0v) is 22.4. The SMILES string of the molecule is CCCCCCCc1cc(CCCCCCC)cc(OCCCCS(=O)(=O)[O-])c1.[Na+]. The molecule has 0 saturated heterocycles.